The maximum absolute atomic E-state index is 13.5. The predicted octanol–water partition coefficient (Wildman–Crippen LogP) is 5.63. The zero-order chi connectivity index (χ0) is 24.2. The van der Waals surface area contributed by atoms with E-state index in [9.17, 15) is 9.59 Å². The first-order valence-electron chi connectivity index (χ1n) is 11.0. The summed E-state index contributed by atoms with van der Waals surface area (Å²) in [7, 11) is 3.06. The lowest BCUT2D eigenvalue weighted by molar-refractivity contribution is -0.134. The van der Waals surface area contributed by atoms with Gasteiger partial charge < -0.3 is 18.6 Å². The molecule has 0 amide bonds. The zero-order valence-electron chi connectivity index (χ0n) is 19.6. The van der Waals surface area contributed by atoms with Crippen molar-refractivity contribution in [2.45, 2.75) is 26.7 Å². The molecule has 0 atom stereocenters. The second-order valence-electron chi connectivity index (χ2n) is 8.05. The molecule has 0 saturated carbocycles. The second kappa shape index (κ2) is 9.83. The van der Waals surface area contributed by atoms with E-state index in [0.29, 0.717) is 34.5 Å². The van der Waals surface area contributed by atoms with Crippen molar-refractivity contribution in [3.05, 3.63) is 87.6 Å². The minimum Gasteiger partial charge on any atom is -0.493 e. The number of methoxy groups -OCH3 is 2. The van der Waals surface area contributed by atoms with E-state index in [0.717, 1.165) is 16.7 Å². The van der Waals surface area contributed by atoms with Crippen molar-refractivity contribution in [1.82, 2.24) is 0 Å². The molecule has 0 saturated heterocycles. The van der Waals surface area contributed by atoms with E-state index >= 15 is 0 Å². The van der Waals surface area contributed by atoms with Crippen LogP contribution in [-0.4, -0.2) is 20.2 Å². The number of aryl methyl sites for hydroxylation is 3. The van der Waals surface area contributed by atoms with Crippen molar-refractivity contribution in [1.29, 1.82) is 0 Å². The van der Waals surface area contributed by atoms with Crippen molar-refractivity contribution in [3.63, 3.8) is 0 Å². The van der Waals surface area contributed by atoms with Gasteiger partial charge in [0.15, 0.2) is 17.3 Å². The summed E-state index contributed by atoms with van der Waals surface area (Å²) in [4.78, 5) is 26.2. The van der Waals surface area contributed by atoms with Gasteiger partial charge in [-0.15, -0.1) is 0 Å². The number of hydrogen-bond acceptors (Lipinski definition) is 6. The van der Waals surface area contributed by atoms with Crippen LogP contribution < -0.4 is 19.6 Å². The highest BCUT2D eigenvalue weighted by Crippen LogP contribution is 2.37. The SMILES string of the molecule is COc1ccc(-c2oc3cc(C)c(C)cc3c(=O)c2OC(=O)CCc2ccccc2)cc1OC. The van der Waals surface area contributed by atoms with Gasteiger partial charge in [0, 0.05) is 12.0 Å². The molecule has 0 fully saturated rings. The van der Waals surface area contributed by atoms with Gasteiger partial charge in [-0.3, -0.25) is 9.59 Å². The Morgan fingerprint density at radius 1 is 0.882 bits per heavy atom. The summed E-state index contributed by atoms with van der Waals surface area (Å²) < 4.78 is 22.5. The summed E-state index contributed by atoms with van der Waals surface area (Å²) in [5.74, 6) is 0.503. The number of benzene rings is 3. The Balaban J connectivity index is 1.80. The predicted molar refractivity (Wildman–Crippen MR) is 131 cm³/mol. The highest BCUT2D eigenvalue weighted by molar-refractivity contribution is 5.85. The van der Waals surface area contributed by atoms with Crippen LogP contribution >= 0.6 is 0 Å². The van der Waals surface area contributed by atoms with Crippen LogP contribution in [0.15, 0.2) is 69.9 Å². The Morgan fingerprint density at radius 3 is 2.29 bits per heavy atom. The molecule has 0 spiro atoms. The van der Waals surface area contributed by atoms with Crippen LogP contribution in [0.3, 0.4) is 0 Å². The summed E-state index contributed by atoms with van der Waals surface area (Å²) in [6, 6.07) is 18.3. The molecule has 0 aliphatic heterocycles. The Labute approximate surface area is 197 Å². The van der Waals surface area contributed by atoms with Crippen LogP contribution in [-0.2, 0) is 11.2 Å². The fraction of sp³-hybridized carbons (Fsp3) is 0.214. The van der Waals surface area contributed by atoms with E-state index in [1.807, 2.05) is 50.2 Å². The van der Waals surface area contributed by atoms with Gasteiger partial charge in [0.05, 0.1) is 19.6 Å². The second-order valence-corrected chi connectivity index (χ2v) is 8.05. The van der Waals surface area contributed by atoms with Crippen molar-refractivity contribution in [2.75, 3.05) is 14.2 Å². The fourth-order valence-corrected chi connectivity index (χ4v) is 3.75. The first kappa shape index (κ1) is 23.1. The van der Waals surface area contributed by atoms with Crippen molar-refractivity contribution in [3.8, 4) is 28.6 Å². The largest absolute Gasteiger partial charge is 0.493 e. The van der Waals surface area contributed by atoms with Gasteiger partial charge >= 0.3 is 5.97 Å². The quantitative estimate of drug-likeness (QED) is 0.334. The third-order valence-electron chi connectivity index (χ3n) is 5.79. The van der Waals surface area contributed by atoms with Crippen LogP contribution in [0.5, 0.6) is 17.2 Å². The van der Waals surface area contributed by atoms with E-state index in [1.165, 1.54) is 7.11 Å². The molecule has 6 heteroatoms. The van der Waals surface area contributed by atoms with Crippen LogP contribution in [0.2, 0.25) is 0 Å². The molecular weight excluding hydrogens is 432 g/mol. The Bertz CT molecular complexity index is 1400. The number of carbonyl (C=O) groups excluding carboxylic acids is 1. The monoisotopic (exact) mass is 458 g/mol. The minimum absolute atomic E-state index is 0.125. The highest BCUT2D eigenvalue weighted by atomic mass is 16.5. The molecule has 0 N–H and O–H groups in total. The fourth-order valence-electron chi connectivity index (χ4n) is 3.75. The highest BCUT2D eigenvalue weighted by Gasteiger charge is 2.22. The molecule has 174 valence electrons. The first-order chi connectivity index (χ1) is 16.4. The summed E-state index contributed by atoms with van der Waals surface area (Å²) in [6.07, 6.45) is 0.627. The third kappa shape index (κ3) is 4.66. The molecule has 0 aliphatic carbocycles. The molecule has 0 radical (unpaired) electrons. The first-order valence-corrected chi connectivity index (χ1v) is 11.0. The summed E-state index contributed by atoms with van der Waals surface area (Å²) in [6.45, 7) is 3.87. The van der Waals surface area contributed by atoms with Crippen LogP contribution in [0, 0.1) is 13.8 Å². The number of hydrogen-bond donors (Lipinski definition) is 0. The third-order valence-corrected chi connectivity index (χ3v) is 5.79. The van der Waals surface area contributed by atoms with Crippen molar-refractivity contribution < 1.29 is 23.4 Å². The lowest BCUT2D eigenvalue weighted by Crippen LogP contribution is -2.16. The van der Waals surface area contributed by atoms with Crippen LogP contribution in [0.1, 0.15) is 23.1 Å². The standard InChI is InChI=1S/C28H26O6/c1-17-14-21-23(15-18(17)2)33-27(20-11-12-22(31-3)24(16-20)32-4)28(26(21)30)34-25(29)13-10-19-8-6-5-7-9-19/h5-9,11-12,14-16H,10,13H2,1-4H3. The smallest absolute Gasteiger partial charge is 0.311 e. The van der Waals surface area contributed by atoms with Crippen LogP contribution in [0.25, 0.3) is 22.3 Å². The van der Waals surface area contributed by atoms with Gasteiger partial charge in [0.25, 0.3) is 0 Å². The minimum atomic E-state index is -0.513. The molecule has 3 aromatic carbocycles. The van der Waals surface area contributed by atoms with Crippen LogP contribution in [0.4, 0.5) is 0 Å². The molecule has 1 aromatic heterocycles. The van der Waals surface area contributed by atoms with E-state index in [1.54, 1.807) is 31.4 Å². The van der Waals surface area contributed by atoms with Gasteiger partial charge in [-0.25, -0.2) is 0 Å². The lowest BCUT2D eigenvalue weighted by atomic mass is 10.0. The number of esters is 1. The van der Waals surface area contributed by atoms with Gasteiger partial charge in [-0.05, 0) is 67.3 Å². The molecule has 4 aromatic rings. The van der Waals surface area contributed by atoms with Crippen molar-refractivity contribution >= 4 is 16.9 Å². The van der Waals surface area contributed by atoms with Gasteiger partial charge in [0.1, 0.15) is 5.58 Å². The normalized spacial score (nSPS) is 10.8. The van der Waals surface area contributed by atoms with Gasteiger partial charge in [-0.1, -0.05) is 30.3 Å². The summed E-state index contributed by atoms with van der Waals surface area (Å²) in [5.41, 5.74) is 3.49. The van der Waals surface area contributed by atoms with E-state index in [4.69, 9.17) is 18.6 Å². The molecule has 4 rings (SSSR count). The average Bonchev–Trinajstić information content (AvgIpc) is 2.86. The number of ether oxygens (including phenoxy) is 3. The molecule has 34 heavy (non-hydrogen) atoms. The summed E-state index contributed by atoms with van der Waals surface area (Å²) >= 11 is 0. The maximum atomic E-state index is 13.5. The molecular formula is C28H26O6. The van der Waals surface area contributed by atoms with E-state index in [2.05, 4.69) is 0 Å². The van der Waals surface area contributed by atoms with Crippen molar-refractivity contribution in [2.24, 2.45) is 0 Å². The number of carbonyl (C=O) groups is 1. The molecule has 1 heterocycles. The molecule has 0 bridgehead atoms. The number of rotatable bonds is 7. The van der Waals surface area contributed by atoms with Gasteiger partial charge in [0.2, 0.25) is 11.2 Å². The molecule has 0 aliphatic rings. The average molecular weight is 459 g/mol. The van der Waals surface area contributed by atoms with E-state index in [-0.39, 0.29) is 17.9 Å². The molecule has 6 nitrogen and oxygen atoms in total. The Morgan fingerprint density at radius 2 is 1.59 bits per heavy atom. The topological polar surface area (TPSA) is 75.0 Å². The zero-order valence-corrected chi connectivity index (χ0v) is 19.6. The van der Waals surface area contributed by atoms with E-state index < -0.39 is 11.4 Å². The maximum Gasteiger partial charge on any atom is 0.311 e. The van der Waals surface area contributed by atoms with Gasteiger partial charge in [-0.2, -0.15) is 0 Å². The lowest BCUT2D eigenvalue weighted by Gasteiger charge is -2.13. The summed E-state index contributed by atoms with van der Waals surface area (Å²) in [5, 5.41) is 0.359. The Kier molecular flexibility index (Phi) is 6.68. The Hall–Kier alpha value is -4.06. The molecule has 0 unspecified atom stereocenters. The number of fused-ring (bicyclic) bond motifs is 1.